The Hall–Kier alpha value is -2.06. The first-order valence-corrected chi connectivity index (χ1v) is 9.22. The summed E-state index contributed by atoms with van der Waals surface area (Å²) in [5, 5.41) is 10.5. The Morgan fingerprint density at radius 3 is 2.35 bits per heavy atom. The maximum atomic E-state index is 9.76. The zero-order chi connectivity index (χ0) is 16.1. The summed E-state index contributed by atoms with van der Waals surface area (Å²) in [6.45, 7) is 1.93. The molecule has 1 fully saturated rings. The number of rotatable bonds is 3. The molecule has 1 aromatic heterocycles. The molecule has 0 amide bonds. The molecule has 2 heterocycles. The number of anilines is 1. The van der Waals surface area contributed by atoms with Gasteiger partial charge in [0.2, 0.25) is 0 Å². The molecule has 0 saturated carbocycles. The van der Waals surface area contributed by atoms with Crippen LogP contribution in [0.3, 0.4) is 0 Å². The van der Waals surface area contributed by atoms with Crippen LogP contribution in [0.15, 0.2) is 35.5 Å². The Labute approximate surface area is 141 Å². The van der Waals surface area contributed by atoms with Crippen LogP contribution in [0.5, 0.6) is 0 Å². The number of hydrogen-bond acceptors (Lipinski definition) is 5. The molecule has 0 atom stereocenters. The minimum absolute atomic E-state index is 0.593. The molecule has 0 bridgehead atoms. The lowest BCUT2D eigenvalue weighted by molar-refractivity contribution is 0.726. The fourth-order valence-electron chi connectivity index (χ4n) is 2.94. The van der Waals surface area contributed by atoms with E-state index in [1.807, 2.05) is 36.6 Å². The fraction of sp³-hybridized carbons (Fsp3) is 0.389. The van der Waals surface area contributed by atoms with Crippen molar-refractivity contribution >= 4 is 17.6 Å². The molecule has 1 saturated heterocycles. The second kappa shape index (κ2) is 7.47. The number of benzene rings is 1. The van der Waals surface area contributed by atoms with Crippen LogP contribution in [0.25, 0.3) is 11.3 Å². The summed E-state index contributed by atoms with van der Waals surface area (Å²) in [7, 11) is 0. The highest BCUT2D eigenvalue weighted by Gasteiger charge is 2.21. The average molecular weight is 324 g/mol. The average Bonchev–Trinajstić information content (AvgIpc) is 2.90. The normalized spacial score (nSPS) is 15.0. The van der Waals surface area contributed by atoms with Gasteiger partial charge < -0.3 is 4.90 Å². The van der Waals surface area contributed by atoms with E-state index in [0.29, 0.717) is 5.56 Å². The fourth-order valence-corrected chi connectivity index (χ4v) is 3.30. The highest BCUT2D eigenvalue weighted by molar-refractivity contribution is 7.98. The van der Waals surface area contributed by atoms with Crippen molar-refractivity contribution < 1.29 is 0 Å². The van der Waals surface area contributed by atoms with Crippen LogP contribution in [0, 0.1) is 11.3 Å². The second-order valence-electron chi connectivity index (χ2n) is 5.64. The predicted molar refractivity (Wildman–Crippen MR) is 94.6 cm³/mol. The van der Waals surface area contributed by atoms with Gasteiger partial charge in [-0.2, -0.15) is 5.26 Å². The van der Waals surface area contributed by atoms with Gasteiger partial charge in [0.15, 0.2) is 11.0 Å². The SMILES string of the molecule is CSc1nc(-c2ccccc2)c(C#N)c(N2CCCCCC2)n1. The van der Waals surface area contributed by atoms with Crippen LogP contribution < -0.4 is 4.90 Å². The minimum atomic E-state index is 0.593. The number of hydrogen-bond donors (Lipinski definition) is 0. The highest BCUT2D eigenvalue weighted by atomic mass is 32.2. The first-order chi connectivity index (χ1) is 11.3. The monoisotopic (exact) mass is 324 g/mol. The van der Waals surface area contributed by atoms with E-state index in [9.17, 15) is 5.26 Å². The van der Waals surface area contributed by atoms with Gasteiger partial charge >= 0.3 is 0 Å². The Morgan fingerprint density at radius 1 is 1.04 bits per heavy atom. The van der Waals surface area contributed by atoms with Crippen molar-refractivity contribution in [1.82, 2.24) is 9.97 Å². The molecule has 4 nitrogen and oxygen atoms in total. The van der Waals surface area contributed by atoms with Crippen molar-refractivity contribution in [2.24, 2.45) is 0 Å². The molecule has 0 spiro atoms. The molecule has 5 heteroatoms. The van der Waals surface area contributed by atoms with Gasteiger partial charge in [-0.1, -0.05) is 54.9 Å². The van der Waals surface area contributed by atoms with Gasteiger partial charge in [0.05, 0.1) is 5.69 Å². The number of nitrogens with zero attached hydrogens (tertiary/aromatic N) is 4. The predicted octanol–water partition coefficient (Wildman–Crippen LogP) is 4.12. The zero-order valence-electron chi connectivity index (χ0n) is 13.3. The van der Waals surface area contributed by atoms with E-state index in [-0.39, 0.29) is 0 Å². The Morgan fingerprint density at radius 2 is 1.74 bits per heavy atom. The van der Waals surface area contributed by atoms with E-state index in [1.165, 1.54) is 24.6 Å². The summed E-state index contributed by atoms with van der Waals surface area (Å²) in [4.78, 5) is 11.5. The van der Waals surface area contributed by atoms with E-state index < -0.39 is 0 Å². The molecular weight excluding hydrogens is 304 g/mol. The van der Waals surface area contributed by atoms with Gasteiger partial charge in [0.25, 0.3) is 0 Å². The van der Waals surface area contributed by atoms with Gasteiger partial charge in [-0.3, -0.25) is 0 Å². The van der Waals surface area contributed by atoms with E-state index in [4.69, 9.17) is 0 Å². The van der Waals surface area contributed by atoms with Gasteiger partial charge in [0, 0.05) is 18.7 Å². The third kappa shape index (κ3) is 3.48. The quantitative estimate of drug-likeness (QED) is 0.628. The molecule has 1 aliphatic rings. The highest BCUT2D eigenvalue weighted by Crippen LogP contribution is 2.31. The minimum Gasteiger partial charge on any atom is -0.355 e. The number of aromatic nitrogens is 2. The molecule has 0 radical (unpaired) electrons. The van der Waals surface area contributed by atoms with E-state index in [0.717, 1.165) is 48.2 Å². The first kappa shape index (κ1) is 15.8. The molecule has 118 valence electrons. The maximum Gasteiger partial charge on any atom is 0.189 e. The molecule has 0 unspecified atom stereocenters. The molecule has 0 aliphatic carbocycles. The van der Waals surface area contributed by atoms with Crippen LogP contribution in [0.4, 0.5) is 5.82 Å². The molecule has 2 aromatic rings. The van der Waals surface area contributed by atoms with E-state index in [2.05, 4.69) is 20.9 Å². The van der Waals surface area contributed by atoms with Crippen LogP contribution in [-0.4, -0.2) is 29.3 Å². The molecule has 3 rings (SSSR count). The van der Waals surface area contributed by atoms with Crippen LogP contribution in [0.1, 0.15) is 31.2 Å². The molecule has 1 aromatic carbocycles. The van der Waals surface area contributed by atoms with Gasteiger partial charge in [0.1, 0.15) is 11.6 Å². The first-order valence-electron chi connectivity index (χ1n) is 8.00. The van der Waals surface area contributed by atoms with E-state index in [1.54, 1.807) is 0 Å². The Kier molecular flexibility index (Phi) is 5.14. The zero-order valence-corrected chi connectivity index (χ0v) is 14.1. The van der Waals surface area contributed by atoms with Crippen LogP contribution in [-0.2, 0) is 0 Å². The Bertz CT molecular complexity index is 701. The van der Waals surface area contributed by atoms with Crippen molar-refractivity contribution in [1.29, 1.82) is 5.26 Å². The molecular formula is C18H20N4S. The van der Waals surface area contributed by atoms with Crippen molar-refractivity contribution in [2.45, 2.75) is 30.8 Å². The maximum absolute atomic E-state index is 9.76. The largest absolute Gasteiger partial charge is 0.355 e. The van der Waals surface area contributed by atoms with Crippen molar-refractivity contribution in [3.63, 3.8) is 0 Å². The van der Waals surface area contributed by atoms with E-state index >= 15 is 0 Å². The summed E-state index contributed by atoms with van der Waals surface area (Å²) < 4.78 is 0. The van der Waals surface area contributed by atoms with Crippen LogP contribution in [0.2, 0.25) is 0 Å². The summed E-state index contributed by atoms with van der Waals surface area (Å²) in [5.74, 6) is 0.799. The summed E-state index contributed by atoms with van der Waals surface area (Å²) in [6.07, 6.45) is 6.80. The number of nitriles is 1. The Balaban J connectivity index is 2.13. The van der Waals surface area contributed by atoms with Crippen molar-refractivity contribution in [3.05, 3.63) is 35.9 Å². The third-order valence-electron chi connectivity index (χ3n) is 4.12. The lowest BCUT2D eigenvalue weighted by Crippen LogP contribution is -2.26. The van der Waals surface area contributed by atoms with Gasteiger partial charge in [-0.25, -0.2) is 9.97 Å². The smallest absolute Gasteiger partial charge is 0.189 e. The standard InChI is InChI=1S/C18H20N4S/c1-23-18-20-16(14-9-5-4-6-10-14)15(13-19)17(21-18)22-11-7-2-3-8-12-22/h4-6,9-10H,2-3,7-8,11-12H2,1H3. The van der Waals surface area contributed by atoms with Crippen molar-refractivity contribution in [2.75, 3.05) is 24.2 Å². The topological polar surface area (TPSA) is 52.8 Å². The summed E-state index contributed by atoms with van der Waals surface area (Å²) >= 11 is 1.52. The lowest BCUT2D eigenvalue weighted by atomic mass is 10.1. The third-order valence-corrected chi connectivity index (χ3v) is 4.66. The number of thioether (sulfide) groups is 1. The van der Waals surface area contributed by atoms with Crippen molar-refractivity contribution in [3.8, 4) is 17.3 Å². The molecule has 1 aliphatic heterocycles. The second-order valence-corrected chi connectivity index (χ2v) is 6.41. The van der Waals surface area contributed by atoms with Gasteiger partial charge in [-0.05, 0) is 19.1 Å². The summed E-state index contributed by atoms with van der Waals surface area (Å²) in [6, 6.07) is 12.3. The molecule has 23 heavy (non-hydrogen) atoms. The van der Waals surface area contributed by atoms with Crippen LogP contribution >= 0.6 is 11.8 Å². The van der Waals surface area contributed by atoms with Gasteiger partial charge in [-0.15, -0.1) is 0 Å². The lowest BCUT2D eigenvalue weighted by Gasteiger charge is -2.23. The summed E-state index contributed by atoms with van der Waals surface area (Å²) in [5.41, 5.74) is 2.31. The molecule has 0 N–H and O–H groups in total.